The van der Waals surface area contributed by atoms with Crippen LogP contribution in [0.5, 0.6) is 0 Å². The molecule has 0 heterocycles. The van der Waals surface area contributed by atoms with Crippen molar-refractivity contribution in [2.75, 3.05) is 18.4 Å². The molecule has 3 nitrogen and oxygen atoms in total. The van der Waals surface area contributed by atoms with Crippen LogP contribution in [0.1, 0.15) is 11.1 Å². The predicted molar refractivity (Wildman–Crippen MR) is 53.4 cm³/mol. The Morgan fingerprint density at radius 1 is 1.54 bits per heavy atom. The van der Waals surface area contributed by atoms with Crippen LogP contribution >= 0.6 is 0 Å². The molecule has 0 bridgehead atoms. The Bertz CT molecular complexity index is 325. The summed E-state index contributed by atoms with van der Waals surface area (Å²) in [6, 6.07) is 7.82. The van der Waals surface area contributed by atoms with Crippen LogP contribution in [0.3, 0.4) is 0 Å². The van der Waals surface area contributed by atoms with E-state index in [1.54, 1.807) is 0 Å². The molecule has 1 aromatic carbocycles. The second kappa shape index (κ2) is 4.48. The summed E-state index contributed by atoms with van der Waals surface area (Å²) < 4.78 is 0. The van der Waals surface area contributed by atoms with Gasteiger partial charge in [0.05, 0.1) is 11.3 Å². The van der Waals surface area contributed by atoms with Crippen molar-refractivity contribution in [3.8, 4) is 6.07 Å². The summed E-state index contributed by atoms with van der Waals surface area (Å²) in [7, 11) is 0. The molecule has 3 heteroatoms. The highest BCUT2D eigenvalue weighted by Gasteiger charge is 1.99. The largest absolute Gasteiger partial charge is 0.383 e. The number of anilines is 1. The molecule has 0 unspecified atom stereocenters. The predicted octanol–water partition coefficient (Wildman–Crippen LogP) is 1.24. The van der Waals surface area contributed by atoms with E-state index in [1.807, 2.05) is 25.1 Å². The monoisotopic (exact) mass is 175 g/mol. The minimum absolute atomic E-state index is 0.568. The maximum atomic E-state index is 8.79. The highest BCUT2D eigenvalue weighted by molar-refractivity contribution is 5.58. The van der Waals surface area contributed by atoms with Gasteiger partial charge in [0.2, 0.25) is 0 Å². The van der Waals surface area contributed by atoms with Gasteiger partial charge in [-0.2, -0.15) is 5.26 Å². The van der Waals surface area contributed by atoms with Crippen LogP contribution in [0, 0.1) is 18.3 Å². The molecule has 0 aliphatic rings. The first-order valence-electron chi connectivity index (χ1n) is 4.22. The Labute approximate surface area is 78.2 Å². The van der Waals surface area contributed by atoms with Crippen LogP contribution < -0.4 is 11.1 Å². The molecule has 0 amide bonds. The molecule has 0 fully saturated rings. The van der Waals surface area contributed by atoms with Crippen molar-refractivity contribution < 1.29 is 0 Å². The molecule has 0 spiro atoms. The van der Waals surface area contributed by atoms with Crippen LogP contribution in [0.25, 0.3) is 0 Å². The molecular formula is C10H13N3. The van der Waals surface area contributed by atoms with Crippen LogP contribution in [0.4, 0.5) is 5.69 Å². The molecule has 0 aliphatic heterocycles. The van der Waals surface area contributed by atoms with Crippen LogP contribution in [-0.2, 0) is 0 Å². The molecule has 1 aromatic rings. The second-order valence-electron chi connectivity index (χ2n) is 2.88. The van der Waals surface area contributed by atoms with Gasteiger partial charge in [0.25, 0.3) is 0 Å². The smallest absolute Gasteiger partial charge is 0.101 e. The van der Waals surface area contributed by atoms with Crippen LogP contribution in [0.15, 0.2) is 18.2 Å². The van der Waals surface area contributed by atoms with E-state index >= 15 is 0 Å². The van der Waals surface area contributed by atoms with Crippen molar-refractivity contribution in [2.45, 2.75) is 6.92 Å². The highest BCUT2D eigenvalue weighted by atomic mass is 14.9. The van der Waals surface area contributed by atoms with E-state index in [0.717, 1.165) is 11.3 Å². The van der Waals surface area contributed by atoms with Gasteiger partial charge >= 0.3 is 0 Å². The number of rotatable bonds is 3. The molecule has 0 radical (unpaired) electrons. The van der Waals surface area contributed by atoms with Crippen molar-refractivity contribution >= 4 is 5.69 Å². The van der Waals surface area contributed by atoms with E-state index in [4.69, 9.17) is 11.0 Å². The summed E-state index contributed by atoms with van der Waals surface area (Å²) in [4.78, 5) is 0. The zero-order valence-electron chi connectivity index (χ0n) is 7.67. The minimum Gasteiger partial charge on any atom is -0.383 e. The first-order chi connectivity index (χ1) is 6.27. The molecule has 13 heavy (non-hydrogen) atoms. The fourth-order valence-electron chi connectivity index (χ4n) is 1.11. The zero-order valence-corrected chi connectivity index (χ0v) is 7.67. The Balaban J connectivity index is 2.89. The van der Waals surface area contributed by atoms with Gasteiger partial charge in [-0.15, -0.1) is 0 Å². The van der Waals surface area contributed by atoms with Gasteiger partial charge in [-0.25, -0.2) is 0 Å². The second-order valence-corrected chi connectivity index (χ2v) is 2.88. The van der Waals surface area contributed by atoms with E-state index in [0.29, 0.717) is 18.7 Å². The van der Waals surface area contributed by atoms with E-state index in [1.165, 1.54) is 0 Å². The SMILES string of the molecule is Cc1ccc(C#N)c(NCCN)c1. The number of benzene rings is 1. The fraction of sp³-hybridized carbons (Fsp3) is 0.300. The standard InChI is InChI=1S/C10H13N3/c1-8-2-3-9(7-12)10(6-8)13-5-4-11/h2-3,6,13H,4-5,11H2,1H3. The van der Waals surface area contributed by atoms with E-state index in [2.05, 4.69) is 11.4 Å². The molecule has 3 N–H and O–H groups in total. The average molecular weight is 175 g/mol. The molecule has 1 rings (SSSR count). The van der Waals surface area contributed by atoms with Crippen molar-refractivity contribution in [3.63, 3.8) is 0 Å². The molecule has 68 valence electrons. The lowest BCUT2D eigenvalue weighted by atomic mass is 10.1. The summed E-state index contributed by atoms with van der Waals surface area (Å²) in [6.45, 7) is 3.26. The van der Waals surface area contributed by atoms with E-state index in [-0.39, 0.29) is 0 Å². The Morgan fingerprint density at radius 3 is 2.92 bits per heavy atom. The highest BCUT2D eigenvalue weighted by Crippen LogP contribution is 2.15. The fourth-order valence-corrected chi connectivity index (χ4v) is 1.11. The molecular weight excluding hydrogens is 162 g/mol. The molecule has 0 saturated heterocycles. The van der Waals surface area contributed by atoms with E-state index < -0.39 is 0 Å². The van der Waals surface area contributed by atoms with E-state index in [9.17, 15) is 0 Å². The maximum absolute atomic E-state index is 8.79. The molecule has 0 saturated carbocycles. The van der Waals surface area contributed by atoms with Crippen LogP contribution in [-0.4, -0.2) is 13.1 Å². The first kappa shape index (κ1) is 9.56. The number of nitrogens with one attached hydrogen (secondary N) is 1. The topological polar surface area (TPSA) is 61.8 Å². The summed E-state index contributed by atoms with van der Waals surface area (Å²) in [6.07, 6.45) is 0. The lowest BCUT2D eigenvalue weighted by Gasteiger charge is -2.07. The van der Waals surface area contributed by atoms with Gasteiger partial charge in [0, 0.05) is 13.1 Å². The van der Waals surface area contributed by atoms with Gasteiger partial charge in [-0.05, 0) is 24.6 Å². The maximum Gasteiger partial charge on any atom is 0.101 e. The summed E-state index contributed by atoms with van der Waals surface area (Å²) in [5, 5.41) is 11.9. The first-order valence-corrected chi connectivity index (χ1v) is 4.22. The normalized spacial score (nSPS) is 9.31. The summed E-state index contributed by atoms with van der Waals surface area (Å²) in [5.74, 6) is 0. The third-order valence-corrected chi connectivity index (χ3v) is 1.76. The van der Waals surface area contributed by atoms with Gasteiger partial charge in [0.1, 0.15) is 6.07 Å². The lowest BCUT2D eigenvalue weighted by Crippen LogP contribution is -2.13. The van der Waals surface area contributed by atoms with Crippen molar-refractivity contribution in [1.82, 2.24) is 0 Å². The van der Waals surface area contributed by atoms with Gasteiger partial charge in [-0.3, -0.25) is 0 Å². The van der Waals surface area contributed by atoms with Gasteiger partial charge in [0.15, 0.2) is 0 Å². The number of hydrogen-bond donors (Lipinski definition) is 2. The zero-order chi connectivity index (χ0) is 9.68. The Morgan fingerprint density at radius 2 is 2.31 bits per heavy atom. The third kappa shape index (κ3) is 2.46. The lowest BCUT2D eigenvalue weighted by molar-refractivity contribution is 1.02. The number of nitrogens with two attached hydrogens (primary N) is 1. The molecule has 0 atom stereocenters. The number of nitriles is 1. The minimum atomic E-state index is 0.568. The van der Waals surface area contributed by atoms with Gasteiger partial charge in [-0.1, -0.05) is 6.07 Å². The summed E-state index contributed by atoms with van der Waals surface area (Å²) in [5.41, 5.74) is 8.03. The molecule has 0 aliphatic carbocycles. The summed E-state index contributed by atoms with van der Waals surface area (Å²) >= 11 is 0. The average Bonchev–Trinajstić information content (AvgIpc) is 2.15. The number of aryl methyl sites for hydroxylation is 1. The quantitative estimate of drug-likeness (QED) is 0.726. The number of nitrogens with zero attached hydrogens (tertiary/aromatic N) is 1. The van der Waals surface area contributed by atoms with Crippen molar-refractivity contribution in [1.29, 1.82) is 5.26 Å². The Kier molecular flexibility index (Phi) is 3.30. The van der Waals surface area contributed by atoms with Crippen molar-refractivity contribution in [2.24, 2.45) is 5.73 Å². The van der Waals surface area contributed by atoms with Crippen LogP contribution in [0.2, 0.25) is 0 Å². The number of hydrogen-bond acceptors (Lipinski definition) is 3. The van der Waals surface area contributed by atoms with Crippen molar-refractivity contribution in [3.05, 3.63) is 29.3 Å². The Hall–Kier alpha value is -1.53. The molecule has 0 aromatic heterocycles. The third-order valence-electron chi connectivity index (χ3n) is 1.76. The van der Waals surface area contributed by atoms with Gasteiger partial charge < -0.3 is 11.1 Å².